The summed E-state index contributed by atoms with van der Waals surface area (Å²) in [6.45, 7) is 4.61. The number of sulfonamides is 1. The van der Waals surface area contributed by atoms with Crippen LogP contribution < -0.4 is 10.0 Å². The molecule has 1 aliphatic rings. The predicted molar refractivity (Wildman–Crippen MR) is 76.7 cm³/mol. The van der Waals surface area contributed by atoms with Crippen molar-refractivity contribution in [2.75, 3.05) is 6.54 Å². The third kappa shape index (κ3) is 3.37. The van der Waals surface area contributed by atoms with Crippen molar-refractivity contribution < 1.29 is 8.42 Å². The van der Waals surface area contributed by atoms with Crippen LogP contribution in [0.5, 0.6) is 0 Å². The van der Waals surface area contributed by atoms with Crippen LogP contribution in [0.15, 0.2) is 23.1 Å². The van der Waals surface area contributed by atoms with Gasteiger partial charge in [0.05, 0.1) is 16.5 Å². The molecule has 2 rings (SSSR count). The third-order valence-corrected chi connectivity index (χ3v) is 5.09. The maximum atomic E-state index is 12.3. The number of hydrogen-bond acceptors (Lipinski definition) is 4. The molecule has 0 aliphatic carbocycles. The molecule has 6 heteroatoms. The van der Waals surface area contributed by atoms with Gasteiger partial charge in [0, 0.05) is 12.1 Å². The highest BCUT2D eigenvalue weighted by atomic mass is 32.2. The minimum absolute atomic E-state index is 0.0350. The van der Waals surface area contributed by atoms with Gasteiger partial charge in [-0.05, 0) is 57.0 Å². The topological polar surface area (TPSA) is 82.0 Å². The summed E-state index contributed by atoms with van der Waals surface area (Å²) in [5.41, 5.74) is 1.17. The van der Waals surface area contributed by atoms with Gasteiger partial charge in [0.25, 0.3) is 0 Å². The molecule has 0 aromatic heterocycles. The Labute approximate surface area is 120 Å². The van der Waals surface area contributed by atoms with Gasteiger partial charge in [0.2, 0.25) is 10.0 Å². The van der Waals surface area contributed by atoms with Crippen molar-refractivity contribution >= 4 is 10.0 Å². The molecule has 1 fully saturated rings. The van der Waals surface area contributed by atoms with Crippen LogP contribution in [0.4, 0.5) is 0 Å². The minimum Gasteiger partial charge on any atom is -0.314 e. The smallest absolute Gasteiger partial charge is 0.240 e. The standard InChI is InChI=1S/C14H19N3O2S/c1-10-7-14(4-3-12(10)9-15)20(18,19)17-13-5-6-16-11(2)8-13/h3-4,7,11,13,16-17H,5-6,8H2,1-2H3. The molecule has 0 radical (unpaired) electrons. The number of nitriles is 1. The lowest BCUT2D eigenvalue weighted by atomic mass is 10.0. The van der Waals surface area contributed by atoms with Crippen molar-refractivity contribution in [3.63, 3.8) is 0 Å². The molecule has 0 amide bonds. The van der Waals surface area contributed by atoms with E-state index in [0.717, 1.165) is 19.4 Å². The summed E-state index contributed by atoms with van der Waals surface area (Å²) in [6.07, 6.45) is 1.58. The molecular weight excluding hydrogens is 274 g/mol. The van der Waals surface area contributed by atoms with Crippen LogP contribution in [0.25, 0.3) is 0 Å². The van der Waals surface area contributed by atoms with Crippen LogP contribution in [-0.2, 0) is 10.0 Å². The Morgan fingerprint density at radius 3 is 2.80 bits per heavy atom. The fourth-order valence-electron chi connectivity index (χ4n) is 2.46. The fraction of sp³-hybridized carbons (Fsp3) is 0.500. The van der Waals surface area contributed by atoms with Gasteiger partial charge in [-0.1, -0.05) is 0 Å². The van der Waals surface area contributed by atoms with Crippen LogP contribution >= 0.6 is 0 Å². The van der Waals surface area contributed by atoms with Crippen molar-refractivity contribution in [2.24, 2.45) is 0 Å². The highest BCUT2D eigenvalue weighted by Crippen LogP contribution is 2.17. The van der Waals surface area contributed by atoms with Gasteiger partial charge >= 0.3 is 0 Å². The van der Waals surface area contributed by atoms with E-state index in [0.29, 0.717) is 17.2 Å². The third-order valence-electron chi connectivity index (χ3n) is 3.57. The maximum absolute atomic E-state index is 12.3. The lowest BCUT2D eigenvalue weighted by Gasteiger charge is -2.28. The van der Waals surface area contributed by atoms with Crippen LogP contribution in [0.3, 0.4) is 0 Å². The molecule has 1 aromatic carbocycles. The van der Waals surface area contributed by atoms with Crippen molar-refractivity contribution in [1.82, 2.24) is 10.0 Å². The Morgan fingerprint density at radius 2 is 2.20 bits per heavy atom. The normalized spacial score (nSPS) is 23.2. The van der Waals surface area contributed by atoms with E-state index >= 15 is 0 Å². The molecule has 2 atom stereocenters. The van der Waals surface area contributed by atoms with Gasteiger partial charge in [-0.3, -0.25) is 0 Å². The summed E-state index contributed by atoms with van der Waals surface area (Å²) in [5.74, 6) is 0. The average Bonchev–Trinajstić information content (AvgIpc) is 2.38. The van der Waals surface area contributed by atoms with Gasteiger partial charge in [-0.2, -0.15) is 5.26 Å². The van der Waals surface area contributed by atoms with Crippen molar-refractivity contribution in [2.45, 2.75) is 43.7 Å². The van der Waals surface area contributed by atoms with E-state index < -0.39 is 10.0 Å². The molecule has 0 saturated carbocycles. The number of nitrogens with zero attached hydrogens (tertiary/aromatic N) is 1. The Bertz CT molecular complexity index is 634. The Kier molecular flexibility index (Phi) is 4.43. The molecule has 108 valence electrons. The number of rotatable bonds is 3. The maximum Gasteiger partial charge on any atom is 0.240 e. The summed E-state index contributed by atoms with van der Waals surface area (Å²) in [5, 5.41) is 12.2. The van der Waals surface area contributed by atoms with E-state index in [9.17, 15) is 8.42 Å². The molecule has 0 bridgehead atoms. The number of piperidine rings is 1. The van der Waals surface area contributed by atoms with Crippen LogP contribution in [0, 0.1) is 18.3 Å². The molecule has 2 unspecified atom stereocenters. The number of hydrogen-bond donors (Lipinski definition) is 2. The number of benzene rings is 1. The average molecular weight is 293 g/mol. The molecular formula is C14H19N3O2S. The van der Waals surface area contributed by atoms with Crippen LogP contribution in [-0.4, -0.2) is 27.0 Å². The molecule has 1 heterocycles. The summed E-state index contributed by atoms with van der Waals surface area (Å²) in [7, 11) is -3.52. The van der Waals surface area contributed by atoms with E-state index in [-0.39, 0.29) is 10.9 Å². The van der Waals surface area contributed by atoms with E-state index in [1.165, 1.54) is 6.07 Å². The van der Waals surface area contributed by atoms with Crippen LogP contribution in [0.2, 0.25) is 0 Å². The minimum atomic E-state index is -3.52. The Balaban J connectivity index is 2.18. The van der Waals surface area contributed by atoms with Crippen molar-refractivity contribution in [1.29, 1.82) is 5.26 Å². The van der Waals surface area contributed by atoms with Gasteiger partial charge in [0.1, 0.15) is 0 Å². The highest BCUT2D eigenvalue weighted by Gasteiger charge is 2.24. The second kappa shape index (κ2) is 5.92. The first kappa shape index (κ1) is 15.0. The summed E-state index contributed by atoms with van der Waals surface area (Å²) in [6, 6.07) is 6.90. The van der Waals surface area contributed by atoms with Crippen molar-refractivity contribution in [3.05, 3.63) is 29.3 Å². The zero-order valence-electron chi connectivity index (χ0n) is 11.7. The zero-order valence-corrected chi connectivity index (χ0v) is 12.5. The molecule has 20 heavy (non-hydrogen) atoms. The summed E-state index contributed by atoms with van der Waals surface area (Å²) >= 11 is 0. The van der Waals surface area contributed by atoms with Gasteiger partial charge in [-0.15, -0.1) is 0 Å². The molecule has 5 nitrogen and oxygen atoms in total. The fourth-order valence-corrected chi connectivity index (χ4v) is 3.82. The highest BCUT2D eigenvalue weighted by molar-refractivity contribution is 7.89. The second-order valence-electron chi connectivity index (χ2n) is 5.29. The van der Waals surface area contributed by atoms with Gasteiger partial charge in [0.15, 0.2) is 0 Å². The van der Waals surface area contributed by atoms with Crippen molar-refractivity contribution in [3.8, 4) is 6.07 Å². The zero-order chi connectivity index (χ0) is 14.8. The van der Waals surface area contributed by atoms with E-state index in [2.05, 4.69) is 10.0 Å². The van der Waals surface area contributed by atoms with Crippen LogP contribution in [0.1, 0.15) is 30.9 Å². The number of aryl methyl sites for hydroxylation is 1. The molecule has 2 N–H and O–H groups in total. The predicted octanol–water partition coefficient (Wildman–Crippen LogP) is 1.29. The quantitative estimate of drug-likeness (QED) is 0.879. The summed E-state index contributed by atoms with van der Waals surface area (Å²) in [4.78, 5) is 0.222. The number of nitrogens with one attached hydrogen (secondary N) is 2. The SMILES string of the molecule is Cc1cc(S(=O)(=O)NC2CCNC(C)C2)ccc1C#N. The van der Waals surface area contributed by atoms with E-state index in [1.807, 2.05) is 13.0 Å². The largest absolute Gasteiger partial charge is 0.314 e. The molecule has 1 saturated heterocycles. The first-order chi connectivity index (χ1) is 9.42. The van der Waals surface area contributed by atoms with E-state index in [4.69, 9.17) is 5.26 Å². The lowest BCUT2D eigenvalue weighted by molar-refractivity contribution is 0.361. The second-order valence-corrected chi connectivity index (χ2v) is 7.00. The van der Waals surface area contributed by atoms with E-state index in [1.54, 1.807) is 19.1 Å². The summed E-state index contributed by atoms with van der Waals surface area (Å²) < 4.78 is 27.4. The van der Waals surface area contributed by atoms with Gasteiger partial charge in [-0.25, -0.2) is 13.1 Å². The molecule has 1 aliphatic heterocycles. The van der Waals surface area contributed by atoms with Gasteiger partial charge < -0.3 is 5.32 Å². The Hall–Kier alpha value is -1.42. The first-order valence-corrected chi connectivity index (χ1v) is 8.17. The first-order valence-electron chi connectivity index (χ1n) is 6.69. The lowest BCUT2D eigenvalue weighted by Crippen LogP contribution is -2.46. The Morgan fingerprint density at radius 1 is 1.45 bits per heavy atom. The monoisotopic (exact) mass is 293 g/mol. The molecule has 0 spiro atoms. The molecule has 1 aromatic rings.